The molecule has 1 aromatic carbocycles. The Morgan fingerprint density at radius 2 is 1.96 bits per heavy atom. The van der Waals surface area contributed by atoms with Crippen molar-refractivity contribution in [1.29, 1.82) is 0 Å². The van der Waals surface area contributed by atoms with Crippen LogP contribution in [-0.4, -0.2) is 43.6 Å². The average Bonchev–Trinajstić information content (AvgIpc) is 3.06. The molecule has 1 aliphatic rings. The molecule has 0 radical (unpaired) electrons. The molecule has 1 heterocycles. The van der Waals surface area contributed by atoms with Crippen molar-refractivity contribution in [3.63, 3.8) is 0 Å². The summed E-state index contributed by atoms with van der Waals surface area (Å²) in [7, 11) is 0. The predicted octanol–water partition coefficient (Wildman–Crippen LogP) is 2.42. The molecule has 0 saturated carbocycles. The van der Waals surface area contributed by atoms with Crippen LogP contribution < -0.4 is 15.8 Å². The lowest BCUT2D eigenvalue weighted by Crippen LogP contribution is -2.26. The minimum absolute atomic E-state index is 0.107. The third-order valence-corrected chi connectivity index (χ3v) is 4.15. The summed E-state index contributed by atoms with van der Waals surface area (Å²) in [6.45, 7) is 4.95. The number of carbonyl (C=O) groups excluding carboxylic acids is 1. The number of hydrogen-bond donors (Lipinski definition) is 2. The van der Waals surface area contributed by atoms with Crippen molar-refractivity contribution in [2.45, 2.75) is 38.5 Å². The van der Waals surface area contributed by atoms with Gasteiger partial charge in [0, 0.05) is 13.0 Å². The number of ether oxygens (including phenoxy) is 1. The number of benzene rings is 1. The van der Waals surface area contributed by atoms with E-state index in [1.807, 2.05) is 24.3 Å². The Morgan fingerprint density at radius 3 is 2.74 bits per heavy atom. The van der Waals surface area contributed by atoms with Gasteiger partial charge < -0.3 is 20.7 Å². The molecule has 1 amide bonds. The van der Waals surface area contributed by atoms with Crippen molar-refractivity contribution in [3.8, 4) is 5.75 Å². The van der Waals surface area contributed by atoms with E-state index in [0.29, 0.717) is 30.9 Å². The molecular formula is C18H29N3O2. The maximum absolute atomic E-state index is 11.7. The number of nitrogens with zero attached hydrogens (tertiary/aromatic N) is 1. The van der Waals surface area contributed by atoms with E-state index < -0.39 is 0 Å². The van der Waals surface area contributed by atoms with Gasteiger partial charge in [0.2, 0.25) is 5.91 Å². The smallest absolute Gasteiger partial charge is 0.220 e. The molecule has 23 heavy (non-hydrogen) atoms. The zero-order valence-corrected chi connectivity index (χ0v) is 13.9. The van der Waals surface area contributed by atoms with Crippen molar-refractivity contribution >= 4 is 11.6 Å². The zero-order chi connectivity index (χ0) is 16.3. The van der Waals surface area contributed by atoms with Crippen LogP contribution in [0.15, 0.2) is 24.3 Å². The number of para-hydroxylation sites is 2. The Kier molecular flexibility index (Phi) is 7.73. The Bertz CT molecular complexity index is 473. The summed E-state index contributed by atoms with van der Waals surface area (Å²) in [5, 5.41) is 2.98. The lowest BCUT2D eigenvalue weighted by atomic mass is 10.2. The van der Waals surface area contributed by atoms with Crippen molar-refractivity contribution in [1.82, 2.24) is 10.2 Å². The number of amides is 1. The van der Waals surface area contributed by atoms with Gasteiger partial charge in [-0.3, -0.25) is 4.79 Å². The summed E-state index contributed by atoms with van der Waals surface area (Å²) in [6, 6.07) is 7.42. The minimum atomic E-state index is 0.107. The molecule has 128 valence electrons. The Labute approximate surface area is 139 Å². The van der Waals surface area contributed by atoms with E-state index in [-0.39, 0.29) is 5.91 Å². The van der Waals surface area contributed by atoms with Crippen LogP contribution in [0, 0.1) is 0 Å². The lowest BCUT2D eigenvalue weighted by Gasteiger charge is -2.14. The molecule has 1 fully saturated rings. The standard InChI is InChI=1S/C18H29N3O2/c19-16-8-1-2-9-17(16)23-15-7-10-18(22)20-11-3-4-12-21-13-5-6-14-21/h1-2,8-9H,3-7,10-15,19H2,(H,20,22). The second-order valence-corrected chi connectivity index (χ2v) is 6.10. The molecule has 5 nitrogen and oxygen atoms in total. The van der Waals surface area contributed by atoms with Crippen LogP contribution in [0.3, 0.4) is 0 Å². The van der Waals surface area contributed by atoms with E-state index in [9.17, 15) is 4.79 Å². The normalized spacial score (nSPS) is 14.8. The van der Waals surface area contributed by atoms with E-state index in [0.717, 1.165) is 19.4 Å². The van der Waals surface area contributed by atoms with E-state index in [4.69, 9.17) is 10.5 Å². The van der Waals surface area contributed by atoms with Crippen LogP contribution in [0.4, 0.5) is 5.69 Å². The van der Waals surface area contributed by atoms with Gasteiger partial charge in [-0.05, 0) is 63.9 Å². The number of likely N-dealkylation sites (tertiary alicyclic amines) is 1. The van der Waals surface area contributed by atoms with Crippen LogP contribution in [0.5, 0.6) is 5.75 Å². The fourth-order valence-electron chi connectivity index (χ4n) is 2.81. The molecule has 1 saturated heterocycles. The summed E-state index contributed by atoms with van der Waals surface area (Å²) in [5.41, 5.74) is 6.43. The third kappa shape index (κ3) is 6.91. The third-order valence-electron chi connectivity index (χ3n) is 4.15. The molecule has 0 atom stereocenters. The molecule has 3 N–H and O–H groups in total. The monoisotopic (exact) mass is 319 g/mol. The van der Waals surface area contributed by atoms with Gasteiger partial charge in [-0.25, -0.2) is 0 Å². The molecule has 1 aliphatic heterocycles. The highest BCUT2D eigenvalue weighted by Crippen LogP contribution is 2.19. The highest BCUT2D eigenvalue weighted by atomic mass is 16.5. The number of nitrogen functional groups attached to an aromatic ring is 1. The van der Waals surface area contributed by atoms with Crippen LogP contribution in [0.1, 0.15) is 38.5 Å². The summed E-state index contributed by atoms with van der Waals surface area (Å²) < 4.78 is 5.58. The van der Waals surface area contributed by atoms with Gasteiger partial charge in [0.05, 0.1) is 12.3 Å². The maximum atomic E-state index is 11.7. The number of nitrogens with two attached hydrogens (primary N) is 1. The van der Waals surface area contributed by atoms with Gasteiger partial charge in [-0.2, -0.15) is 0 Å². The van der Waals surface area contributed by atoms with Gasteiger partial charge in [0.1, 0.15) is 5.75 Å². The van der Waals surface area contributed by atoms with Crippen molar-refractivity contribution < 1.29 is 9.53 Å². The maximum Gasteiger partial charge on any atom is 0.220 e. The van der Waals surface area contributed by atoms with Crippen molar-refractivity contribution in [3.05, 3.63) is 24.3 Å². The van der Waals surface area contributed by atoms with Gasteiger partial charge in [-0.15, -0.1) is 0 Å². The second-order valence-electron chi connectivity index (χ2n) is 6.10. The molecule has 2 rings (SSSR count). The summed E-state index contributed by atoms with van der Waals surface area (Å²) in [6.07, 6.45) is 6.10. The van der Waals surface area contributed by atoms with Crippen LogP contribution >= 0.6 is 0 Å². The summed E-state index contributed by atoms with van der Waals surface area (Å²) >= 11 is 0. The van der Waals surface area contributed by atoms with Crippen LogP contribution in [0.25, 0.3) is 0 Å². The lowest BCUT2D eigenvalue weighted by molar-refractivity contribution is -0.121. The molecule has 0 aliphatic carbocycles. The van der Waals surface area contributed by atoms with Gasteiger partial charge in [0.15, 0.2) is 0 Å². The molecule has 0 aromatic heterocycles. The van der Waals surface area contributed by atoms with Crippen molar-refractivity contribution in [2.75, 3.05) is 38.5 Å². The average molecular weight is 319 g/mol. The van der Waals surface area contributed by atoms with Crippen molar-refractivity contribution in [2.24, 2.45) is 0 Å². The van der Waals surface area contributed by atoms with E-state index >= 15 is 0 Å². The zero-order valence-electron chi connectivity index (χ0n) is 13.9. The number of unbranched alkanes of at least 4 members (excludes halogenated alkanes) is 1. The Morgan fingerprint density at radius 1 is 1.17 bits per heavy atom. The Balaban J connectivity index is 1.44. The largest absolute Gasteiger partial charge is 0.491 e. The second kappa shape index (κ2) is 10.1. The quantitative estimate of drug-likeness (QED) is 0.513. The number of rotatable bonds is 10. The summed E-state index contributed by atoms with van der Waals surface area (Å²) in [5.74, 6) is 0.797. The number of hydrogen-bond acceptors (Lipinski definition) is 4. The van der Waals surface area contributed by atoms with Gasteiger partial charge in [-0.1, -0.05) is 12.1 Å². The SMILES string of the molecule is Nc1ccccc1OCCCC(=O)NCCCCN1CCCC1. The van der Waals surface area contributed by atoms with Gasteiger partial charge in [0.25, 0.3) is 0 Å². The number of nitrogens with one attached hydrogen (secondary N) is 1. The first-order valence-electron chi connectivity index (χ1n) is 8.72. The highest BCUT2D eigenvalue weighted by molar-refractivity contribution is 5.75. The number of carbonyl (C=O) groups is 1. The molecule has 5 heteroatoms. The topological polar surface area (TPSA) is 67.6 Å². The first-order valence-corrected chi connectivity index (χ1v) is 8.72. The van der Waals surface area contributed by atoms with Crippen LogP contribution in [0.2, 0.25) is 0 Å². The van der Waals surface area contributed by atoms with E-state index in [1.165, 1.54) is 32.5 Å². The highest BCUT2D eigenvalue weighted by Gasteiger charge is 2.10. The molecule has 0 spiro atoms. The Hall–Kier alpha value is -1.75. The van der Waals surface area contributed by atoms with E-state index in [2.05, 4.69) is 10.2 Å². The first kappa shape index (κ1) is 17.6. The fraction of sp³-hybridized carbons (Fsp3) is 0.611. The van der Waals surface area contributed by atoms with E-state index in [1.54, 1.807) is 0 Å². The van der Waals surface area contributed by atoms with Crippen LogP contribution in [-0.2, 0) is 4.79 Å². The fourth-order valence-corrected chi connectivity index (χ4v) is 2.81. The first-order chi connectivity index (χ1) is 11.3. The molecular weight excluding hydrogens is 290 g/mol. The molecule has 1 aromatic rings. The molecule has 0 unspecified atom stereocenters. The molecule has 0 bridgehead atoms. The van der Waals surface area contributed by atoms with Gasteiger partial charge >= 0.3 is 0 Å². The minimum Gasteiger partial charge on any atom is -0.491 e. The predicted molar refractivity (Wildman–Crippen MR) is 93.5 cm³/mol. The summed E-state index contributed by atoms with van der Waals surface area (Å²) in [4.78, 5) is 14.2. The number of anilines is 1.